The Labute approximate surface area is 222 Å². The highest BCUT2D eigenvalue weighted by Gasteiger charge is 2.38. The lowest BCUT2D eigenvalue weighted by Crippen LogP contribution is -2.47. The van der Waals surface area contributed by atoms with Gasteiger partial charge in [-0.25, -0.2) is 0 Å². The van der Waals surface area contributed by atoms with E-state index in [0.717, 1.165) is 12.0 Å². The molecule has 0 N–H and O–H groups in total. The first-order chi connectivity index (χ1) is 18.5. The summed E-state index contributed by atoms with van der Waals surface area (Å²) < 4.78 is 86.0. The fraction of sp³-hybridized carbons (Fsp3) is 0.357. The second-order valence-electron chi connectivity index (χ2n) is 9.39. The van der Waals surface area contributed by atoms with E-state index >= 15 is 0 Å². The topological polar surface area (TPSA) is 45.7 Å². The van der Waals surface area contributed by atoms with Gasteiger partial charge in [-0.3, -0.25) is 14.7 Å². The number of alkyl halides is 6. The molecule has 0 bridgehead atoms. The molecule has 208 valence electrons. The number of likely N-dealkylation sites (tertiary alicyclic amines) is 1. The van der Waals surface area contributed by atoms with Gasteiger partial charge in [0.1, 0.15) is 0 Å². The van der Waals surface area contributed by atoms with Crippen molar-refractivity contribution in [2.45, 2.75) is 50.5 Å². The van der Waals surface area contributed by atoms with Crippen LogP contribution in [0.1, 0.15) is 46.8 Å². The maximum absolute atomic E-state index is 13.3. The third-order valence-corrected chi connectivity index (χ3v) is 6.54. The predicted octanol–water partition coefficient (Wildman–Crippen LogP) is 6.46. The van der Waals surface area contributed by atoms with Crippen LogP contribution in [0.4, 0.5) is 26.3 Å². The number of ether oxygens (including phenoxy) is 1. The summed E-state index contributed by atoms with van der Waals surface area (Å²) in [5.74, 6) is 0. The van der Waals surface area contributed by atoms with Crippen LogP contribution in [0.25, 0.3) is 0 Å². The molecule has 1 aliphatic heterocycles. The Morgan fingerprint density at radius 3 is 2.21 bits per heavy atom. The minimum Gasteiger partial charge on any atom is -0.372 e. The van der Waals surface area contributed by atoms with Crippen molar-refractivity contribution in [3.8, 4) is 0 Å². The molecule has 1 aromatic heterocycles. The molecule has 1 aliphatic rings. The fourth-order valence-corrected chi connectivity index (χ4v) is 4.80. The number of benzene rings is 2. The van der Waals surface area contributed by atoms with Crippen molar-refractivity contribution < 1.29 is 35.9 Å². The van der Waals surface area contributed by atoms with E-state index in [4.69, 9.17) is 4.74 Å². The number of nitrogens with zero attached hydrogens (tertiary/aromatic N) is 3. The smallest absolute Gasteiger partial charge is 0.372 e. The molecule has 1 amide bonds. The van der Waals surface area contributed by atoms with Crippen molar-refractivity contribution in [2.24, 2.45) is 0 Å². The van der Waals surface area contributed by atoms with Crippen LogP contribution >= 0.6 is 0 Å². The van der Waals surface area contributed by atoms with Gasteiger partial charge in [0.05, 0.1) is 48.8 Å². The molecule has 5 nitrogen and oxygen atoms in total. The second kappa shape index (κ2) is 12.2. The molecule has 2 heterocycles. The van der Waals surface area contributed by atoms with Gasteiger partial charge in [-0.15, -0.1) is 0 Å². The van der Waals surface area contributed by atoms with Crippen LogP contribution in [0, 0.1) is 0 Å². The van der Waals surface area contributed by atoms with Crippen LogP contribution in [0.5, 0.6) is 0 Å². The number of amides is 1. The van der Waals surface area contributed by atoms with Gasteiger partial charge in [-0.2, -0.15) is 26.3 Å². The number of halogens is 6. The van der Waals surface area contributed by atoms with Crippen LogP contribution in [-0.4, -0.2) is 40.5 Å². The number of hydrogen-bond donors (Lipinski definition) is 0. The van der Waals surface area contributed by atoms with Gasteiger partial charge < -0.3 is 9.64 Å². The summed E-state index contributed by atoms with van der Waals surface area (Å²) in [6.07, 6.45) is -6.83. The van der Waals surface area contributed by atoms with E-state index in [-0.39, 0.29) is 30.9 Å². The van der Waals surface area contributed by atoms with Crippen LogP contribution in [-0.2, 0) is 35.0 Å². The zero-order valence-electron chi connectivity index (χ0n) is 20.8. The highest BCUT2D eigenvalue weighted by molar-refractivity contribution is 5.47. The number of carbonyl (C=O) groups is 1. The molecule has 1 saturated heterocycles. The number of hydrogen-bond acceptors (Lipinski definition) is 4. The Hall–Kier alpha value is -3.44. The van der Waals surface area contributed by atoms with Gasteiger partial charge in [0, 0.05) is 12.7 Å². The number of piperidine rings is 1. The monoisotopic (exact) mass is 551 g/mol. The van der Waals surface area contributed by atoms with Gasteiger partial charge in [0.2, 0.25) is 6.41 Å². The Bertz CT molecular complexity index is 1190. The lowest BCUT2D eigenvalue weighted by atomic mass is 9.92. The predicted molar refractivity (Wildman–Crippen MR) is 131 cm³/mol. The lowest BCUT2D eigenvalue weighted by Gasteiger charge is -2.43. The first-order valence-corrected chi connectivity index (χ1v) is 12.3. The van der Waals surface area contributed by atoms with Crippen LogP contribution in [0.15, 0.2) is 72.9 Å². The first-order valence-electron chi connectivity index (χ1n) is 12.3. The molecular weight excluding hydrogens is 524 g/mol. The summed E-state index contributed by atoms with van der Waals surface area (Å²) in [5.41, 5.74) is -1.40. The van der Waals surface area contributed by atoms with E-state index in [1.54, 1.807) is 23.2 Å². The second-order valence-corrected chi connectivity index (χ2v) is 9.39. The van der Waals surface area contributed by atoms with E-state index in [1.807, 2.05) is 41.3 Å². The summed E-state index contributed by atoms with van der Waals surface area (Å²) in [6, 6.07) is 15.8. The van der Waals surface area contributed by atoms with E-state index in [1.165, 1.54) is 0 Å². The Balaban J connectivity index is 1.57. The molecule has 0 saturated carbocycles. The van der Waals surface area contributed by atoms with E-state index in [2.05, 4.69) is 4.98 Å². The van der Waals surface area contributed by atoms with Crippen molar-refractivity contribution in [3.63, 3.8) is 0 Å². The van der Waals surface area contributed by atoms with Gasteiger partial charge in [0.25, 0.3) is 0 Å². The van der Waals surface area contributed by atoms with E-state index in [9.17, 15) is 31.1 Å². The standard InChI is InChI=1S/C28H27F6N3O2/c29-27(30,31)22-13-20(14-23(15-22)28(32,33)34)17-39-25-10-6-12-37(26(25)21-7-2-1-3-8-21)18-36(19-38)16-24-9-4-5-11-35-24/h1-5,7-9,11,13-15,19,25-26H,6,10,12,16-18H2/t25-,26-/m0/s1. The average molecular weight is 552 g/mol. The van der Waals surface area contributed by atoms with Gasteiger partial charge in [-0.1, -0.05) is 36.4 Å². The maximum Gasteiger partial charge on any atom is 0.416 e. The quantitative estimate of drug-likeness (QED) is 0.226. The summed E-state index contributed by atoms with van der Waals surface area (Å²) in [6.45, 7) is 0.702. The first kappa shape index (κ1) is 28.6. The molecule has 3 aromatic rings. The van der Waals surface area contributed by atoms with Crippen molar-refractivity contribution in [1.82, 2.24) is 14.8 Å². The molecule has 0 unspecified atom stereocenters. The highest BCUT2D eigenvalue weighted by Crippen LogP contribution is 2.38. The molecule has 2 aromatic carbocycles. The molecule has 1 fully saturated rings. The van der Waals surface area contributed by atoms with Crippen molar-refractivity contribution in [1.29, 1.82) is 0 Å². The molecule has 0 aliphatic carbocycles. The number of aromatic nitrogens is 1. The van der Waals surface area contributed by atoms with Crippen LogP contribution in [0.2, 0.25) is 0 Å². The maximum atomic E-state index is 13.3. The molecule has 0 spiro atoms. The molecule has 11 heteroatoms. The zero-order valence-corrected chi connectivity index (χ0v) is 20.8. The molecule has 39 heavy (non-hydrogen) atoms. The SMILES string of the molecule is O=CN(Cc1ccccn1)CN1CCC[C@H](OCc2cc(C(F)(F)F)cc(C(F)(F)F)c2)[C@@H]1c1ccccc1. The van der Waals surface area contributed by atoms with Gasteiger partial charge >= 0.3 is 12.4 Å². The summed E-state index contributed by atoms with van der Waals surface area (Å²) in [5, 5.41) is 0. The molecular formula is C28H27F6N3O2. The average Bonchev–Trinajstić information content (AvgIpc) is 2.91. The Morgan fingerprint density at radius 1 is 0.949 bits per heavy atom. The van der Waals surface area contributed by atoms with Crippen LogP contribution in [0.3, 0.4) is 0 Å². The number of pyridine rings is 1. The minimum absolute atomic E-state index is 0.105. The van der Waals surface area contributed by atoms with Gasteiger partial charge in [-0.05, 0) is 54.3 Å². The number of rotatable bonds is 9. The number of carbonyl (C=O) groups excluding carboxylic acids is 1. The van der Waals surface area contributed by atoms with Crippen molar-refractivity contribution >= 4 is 6.41 Å². The normalized spacial score (nSPS) is 18.6. The molecule has 0 radical (unpaired) electrons. The minimum atomic E-state index is -4.93. The van der Waals surface area contributed by atoms with Crippen molar-refractivity contribution in [3.05, 3.63) is 101 Å². The zero-order chi connectivity index (χ0) is 28.0. The largest absolute Gasteiger partial charge is 0.416 e. The van der Waals surface area contributed by atoms with Gasteiger partial charge in [0.15, 0.2) is 0 Å². The van der Waals surface area contributed by atoms with Crippen molar-refractivity contribution in [2.75, 3.05) is 13.2 Å². The third-order valence-electron chi connectivity index (χ3n) is 6.54. The fourth-order valence-electron chi connectivity index (χ4n) is 4.80. The lowest BCUT2D eigenvalue weighted by molar-refractivity contribution is -0.143. The molecule has 2 atom stereocenters. The highest BCUT2D eigenvalue weighted by atomic mass is 19.4. The summed E-state index contributed by atoms with van der Waals surface area (Å²) in [4.78, 5) is 19.8. The summed E-state index contributed by atoms with van der Waals surface area (Å²) >= 11 is 0. The Morgan fingerprint density at radius 2 is 1.62 bits per heavy atom. The van der Waals surface area contributed by atoms with E-state index in [0.29, 0.717) is 37.2 Å². The molecule has 4 rings (SSSR count). The summed E-state index contributed by atoms with van der Waals surface area (Å²) in [7, 11) is 0. The third kappa shape index (κ3) is 7.57. The van der Waals surface area contributed by atoms with E-state index < -0.39 is 36.2 Å². The Kier molecular flexibility index (Phi) is 8.91. The van der Waals surface area contributed by atoms with Crippen LogP contribution < -0.4 is 0 Å².